The van der Waals surface area contributed by atoms with Crippen LogP contribution in [0.3, 0.4) is 0 Å². The Kier molecular flexibility index (Phi) is 6.41. The topological polar surface area (TPSA) is 64.6 Å². The Morgan fingerprint density at radius 3 is 2.18 bits per heavy atom. The third-order valence-electron chi connectivity index (χ3n) is 4.08. The number of carbonyl (C=O) groups excluding carboxylic acids is 2. The van der Waals surface area contributed by atoms with Crippen LogP contribution in [-0.4, -0.2) is 18.5 Å². The lowest BCUT2D eigenvalue weighted by molar-refractivity contribution is -0.146. The molecular weight excluding hydrogens is 354 g/mol. The van der Waals surface area contributed by atoms with Crippen molar-refractivity contribution in [2.75, 3.05) is 11.9 Å². The molecule has 1 N–H and O–H groups in total. The number of anilines is 1. The molecular formula is C23H21NO4. The number of para-hydroxylation sites is 1. The van der Waals surface area contributed by atoms with Crippen molar-refractivity contribution in [3.63, 3.8) is 0 Å². The molecule has 3 rings (SSSR count). The molecule has 1 amide bonds. The van der Waals surface area contributed by atoms with Gasteiger partial charge >= 0.3 is 5.97 Å². The maximum Gasteiger partial charge on any atom is 0.310 e. The Hall–Kier alpha value is -3.60. The first-order chi connectivity index (χ1) is 13.6. The van der Waals surface area contributed by atoms with Gasteiger partial charge < -0.3 is 14.8 Å². The predicted molar refractivity (Wildman–Crippen MR) is 107 cm³/mol. The SMILES string of the molecule is Cc1ccccc1CC(=O)OCC(=O)Nc1ccc(Oc2ccccc2)cc1. The molecule has 0 aliphatic heterocycles. The number of esters is 1. The Morgan fingerprint density at radius 2 is 1.46 bits per heavy atom. The van der Waals surface area contributed by atoms with Gasteiger partial charge in [0.2, 0.25) is 0 Å². The van der Waals surface area contributed by atoms with Gasteiger partial charge in [-0.25, -0.2) is 0 Å². The van der Waals surface area contributed by atoms with Crippen LogP contribution in [0.15, 0.2) is 78.9 Å². The average molecular weight is 375 g/mol. The van der Waals surface area contributed by atoms with Crippen LogP contribution in [0.4, 0.5) is 5.69 Å². The Labute approximate surface area is 163 Å². The zero-order chi connectivity index (χ0) is 19.8. The Morgan fingerprint density at radius 1 is 0.821 bits per heavy atom. The number of nitrogens with one attached hydrogen (secondary N) is 1. The highest BCUT2D eigenvalue weighted by Gasteiger charge is 2.10. The highest BCUT2D eigenvalue weighted by Crippen LogP contribution is 2.22. The van der Waals surface area contributed by atoms with Gasteiger partial charge in [0.15, 0.2) is 6.61 Å². The van der Waals surface area contributed by atoms with Crippen LogP contribution >= 0.6 is 0 Å². The van der Waals surface area contributed by atoms with E-state index in [0.29, 0.717) is 11.4 Å². The van der Waals surface area contributed by atoms with E-state index in [4.69, 9.17) is 9.47 Å². The number of ether oxygens (including phenoxy) is 2. The molecule has 5 nitrogen and oxygen atoms in total. The van der Waals surface area contributed by atoms with E-state index in [0.717, 1.165) is 16.9 Å². The largest absolute Gasteiger partial charge is 0.457 e. The van der Waals surface area contributed by atoms with E-state index in [9.17, 15) is 9.59 Å². The fraction of sp³-hybridized carbons (Fsp3) is 0.130. The molecule has 0 radical (unpaired) electrons. The van der Waals surface area contributed by atoms with Crippen molar-refractivity contribution in [2.45, 2.75) is 13.3 Å². The van der Waals surface area contributed by atoms with Crippen molar-refractivity contribution in [3.8, 4) is 11.5 Å². The molecule has 0 saturated heterocycles. The third-order valence-corrected chi connectivity index (χ3v) is 4.08. The monoisotopic (exact) mass is 375 g/mol. The van der Waals surface area contributed by atoms with Crippen molar-refractivity contribution in [3.05, 3.63) is 90.0 Å². The first-order valence-corrected chi connectivity index (χ1v) is 8.93. The number of benzene rings is 3. The molecule has 0 aliphatic rings. The molecule has 142 valence electrons. The van der Waals surface area contributed by atoms with Gasteiger partial charge in [-0.15, -0.1) is 0 Å². The van der Waals surface area contributed by atoms with Gasteiger partial charge in [-0.2, -0.15) is 0 Å². The number of carbonyl (C=O) groups is 2. The van der Waals surface area contributed by atoms with Gasteiger partial charge in [0.1, 0.15) is 11.5 Å². The van der Waals surface area contributed by atoms with Crippen LogP contribution in [0.25, 0.3) is 0 Å². The van der Waals surface area contributed by atoms with E-state index in [1.165, 1.54) is 0 Å². The number of rotatable bonds is 7. The second kappa shape index (κ2) is 9.37. The van der Waals surface area contributed by atoms with Crippen LogP contribution in [0.2, 0.25) is 0 Å². The quantitative estimate of drug-likeness (QED) is 0.617. The first-order valence-electron chi connectivity index (χ1n) is 8.93. The zero-order valence-electron chi connectivity index (χ0n) is 15.6. The van der Waals surface area contributed by atoms with Crippen LogP contribution in [-0.2, 0) is 20.7 Å². The fourth-order valence-electron chi connectivity index (χ4n) is 2.59. The summed E-state index contributed by atoms with van der Waals surface area (Å²) in [4.78, 5) is 23.9. The number of aryl methyl sites for hydroxylation is 1. The van der Waals surface area contributed by atoms with E-state index >= 15 is 0 Å². The van der Waals surface area contributed by atoms with Crippen molar-refractivity contribution in [1.82, 2.24) is 0 Å². The van der Waals surface area contributed by atoms with Crippen molar-refractivity contribution in [1.29, 1.82) is 0 Å². The Balaban J connectivity index is 1.45. The van der Waals surface area contributed by atoms with Gasteiger partial charge in [0.05, 0.1) is 6.42 Å². The molecule has 0 bridgehead atoms. The smallest absolute Gasteiger partial charge is 0.310 e. The van der Waals surface area contributed by atoms with E-state index in [2.05, 4.69) is 5.32 Å². The van der Waals surface area contributed by atoms with Crippen LogP contribution in [0.5, 0.6) is 11.5 Å². The van der Waals surface area contributed by atoms with Crippen LogP contribution < -0.4 is 10.1 Å². The summed E-state index contributed by atoms with van der Waals surface area (Å²) in [5.74, 6) is 0.569. The maximum atomic E-state index is 12.0. The zero-order valence-corrected chi connectivity index (χ0v) is 15.6. The van der Waals surface area contributed by atoms with Crippen molar-refractivity contribution < 1.29 is 19.1 Å². The van der Waals surface area contributed by atoms with E-state index in [-0.39, 0.29) is 13.0 Å². The van der Waals surface area contributed by atoms with E-state index in [1.807, 2.05) is 61.5 Å². The Bertz CT molecular complexity index is 936. The molecule has 0 aromatic heterocycles. The molecule has 0 heterocycles. The van der Waals surface area contributed by atoms with Gasteiger partial charge in [0, 0.05) is 5.69 Å². The lowest BCUT2D eigenvalue weighted by Gasteiger charge is -2.09. The second-order valence-electron chi connectivity index (χ2n) is 6.25. The van der Waals surface area contributed by atoms with Gasteiger partial charge in [0.25, 0.3) is 5.91 Å². The normalized spacial score (nSPS) is 10.2. The lowest BCUT2D eigenvalue weighted by Crippen LogP contribution is -2.21. The van der Waals surface area contributed by atoms with Crippen LogP contribution in [0.1, 0.15) is 11.1 Å². The highest BCUT2D eigenvalue weighted by molar-refractivity contribution is 5.92. The minimum atomic E-state index is -0.434. The number of hydrogen-bond acceptors (Lipinski definition) is 4. The van der Waals surface area contributed by atoms with Crippen molar-refractivity contribution >= 4 is 17.6 Å². The molecule has 0 fully saturated rings. The molecule has 0 atom stereocenters. The van der Waals surface area contributed by atoms with E-state index < -0.39 is 11.9 Å². The van der Waals surface area contributed by atoms with E-state index in [1.54, 1.807) is 24.3 Å². The summed E-state index contributed by atoms with van der Waals surface area (Å²) in [5.41, 5.74) is 2.50. The molecule has 0 spiro atoms. The minimum Gasteiger partial charge on any atom is -0.457 e. The summed E-state index contributed by atoms with van der Waals surface area (Å²) in [7, 11) is 0. The predicted octanol–water partition coefficient (Wildman–Crippen LogP) is 4.51. The van der Waals surface area contributed by atoms with Gasteiger partial charge in [-0.1, -0.05) is 42.5 Å². The number of hydrogen-bond donors (Lipinski definition) is 1. The average Bonchev–Trinajstić information content (AvgIpc) is 2.70. The fourth-order valence-corrected chi connectivity index (χ4v) is 2.59. The summed E-state index contributed by atoms with van der Waals surface area (Å²) < 4.78 is 10.8. The number of amides is 1. The second-order valence-corrected chi connectivity index (χ2v) is 6.25. The maximum absolute atomic E-state index is 12.0. The summed E-state index contributed by atoms with van der Waals surface area (Å²) in [6.07, 6.45) is 0.144. The van der Waals surface area contributed by atoms with Crippen LogP contribution in [0, 0.1) is 6.92 Å². The third kappa shape index (κ3) is 5.71. The van der Waals surface area contributed by atoms with Crippen molar-refractivity contribution in [2.24, 2.45) is 0 Å². The first kappa shape index (κ1) is 19.2. The molecule has 0 saturated carbocycles. The summed E-state index contributed by atoms with van der Waals surface area (Å²) in [6.45, 7) is 1.60. The minimum absolute atomic E-state index is 0.144. The summed E-state index contributed by atoms with van der Waals surface area (Å²) in [6, 6.07) is 24.0. The van der Waals surface area contributed by atoms with Gasteiger partial charge in [-0.3, -0.25) is 9.59 Å². The molecule has 0 aliphatic carbocycles. The summed E-state index contributed by atoms with van der Waals surface area (Å²) in [5, 5.41) is 2.69. The molecule has 28 heavy (non-hydrogen) atoms. The van der Waals surface area contributed by atoms with Gasteiger partial charge in [-0.05, 0) is 54.4 Å². The molecule has 3 aromatic rings. The standard InChI is InChI=1S/C23H21NO4/c1-17-7-5-6-8-18(17)15-23(26)27-16-22(25)24-19-11-13-21(14-12-19)28-20-9-3-2-4-10-20/h2-14H,15-16H2,1H3,(H,24,25). The molecule has 3 aromatic carbocycles. The highest BCUT2D eigenvalue weighted by atomic mass is 16.5. The lowest BCUT2D eigenvalue weighted by atomic mass is 10.1. The summed E-state index contributed by atoms with van der Waals surface area (Å²) >= 11 is 0. The molecule has 0 unspecified atom stereocenters. The molecule has 5 heteroatoms.